The molecule has 4 unspecified atom stereocenters. The van der Waals surface area contributed by atoms with Crippen molar-refractivity contribution in [3.05, 3.63) is 59.2 Å². The Kier molecular flexibility index (Phi) is 5.61. The number of fused-ring (bicyclic) bond motifs is 3. The van der Waals surface area contributed by atoms with Gasteiger partial charge >= 0.3 is 0 Å². The van der Waals surface area contributed by atoms with E-state index in [0.29, 0.717) is 5.75 Å². The number of aliphatic hydroxyl groups is 1. The number of phenolic OH excluding ortho intramolecular Hbond substituents is 1. The van der Waals surface area contributed by atoms with Gasteiger partial charge in [-0.1, -0.05) is 43.7 Å². The number of hydrogen-bond acceptors (Lipinski definition) is 3. The summed E-state index contributed by atoms with van der Waals surface area (Å²) in [5.74, 6) is 1.78. The summed E-state index contributed by atoms with van der Waals surface area (Å²) in [6.45, 7) is 6.46. The molecule has 4 rings (SSSR count). The first kappa shape index (κ1) is 20.3. The Morgan fingerprint density at radius 3 is 2.66 bits per heavy atom. The van der Waals surface area contributed by atoms with Crippen molar-refractivity contribution in [2.75, 3.05) is 0 Å². The van der Waals surface area contributed by atoms with Crippen LogP contribution in [0, 0.1) is 5.92 Å². The zero-order chi connectivity index (χ0) is 20.6. The van der Waals surface area contributed by atoms with Gasteiger partial charge in [0.15, 0.2) is 0 Å². The Hall–Kier alpha value is -2.00. The lowest BCUT2D eigenvalue weighted by atomic mass is 9.65. The van der Waals surface area contributed by atoms with Crippen molar-refractivity contribution in [2.24, 2.45) is 5.92 Å². The minimum absolute atomic E-state index is 0.0517. The van der Waals surface area contributed by atoms with Gasteiger partial charge in [-0.15, -0.1) is 0 Å². The highest BCUT2D eigenvalue weighted by atomic mass is 16.5. The van der Waals surface area contributed by atoms with Crippen LogP contribution in [0.2, 0.25) is 0 Å². The SMILES string of the molecule is CC(CCCc1ccccc1)c1cc2c(cc1O)C1C(O)CCCC1C(C)(C)O2. The second kappa shape index (κ2) is 8.02. The fourth-order valence-electron chi connectivity index (χ4n) is 5.49. The van der Waals surface area contributed by atoms with Gasteiger partial charge in [-0.2, -0.15) is 0 Å². The molecule has 156 valence electrons. The van der Waals surface area contributed by atoms with E-state index < -0.39 is 0 Å². The van der Waals surface area contributed by atoms with Gasteiger partial charge in [0.05, 0.1) is 6.10 Å². The first-order chi connectivity index (χ1) is 13.9. The van der Waals surface area contributed by atoms with Gasteiger partial charge in [-0.3, -0.25) is 0 Å². The van der Waals surface area contributed by atoms with Crippen LogP contribution in [0.3, 0.4) is 0 Å². The lowest BCUT2D eigenvalue weighted by Crippen LogP contribution is -2.49. The predicted octanol–water partition coefficient (Wildman–Crippen LogP) is 5.93. The van der Waals surface area contributed by atoms with Crippen LogP contribution in [-0.4, -0.2) is 21.9 Å². The molecule has 2 N–H and O–H groups in total. The second-order valence-corrected chi connectivity index (χ2v) is 9.56. The van der Waals surface area contributed by atoms with Gasteiger partial charge in [-0.25, -0.2) is 0 Å². The van der Waals surface area contributed by atoms with Crippen molar-refractivity contribution < 1.29 is 14.9 Å². The highest BCUT2D eigenvalue weighted by Gasteiger charge is 2.48. The number of rotatable bonds is 5. The summed E-state index contributed by atoms with van der Waals surface area (Å²) in [7, 11) is 0. The smallest absolute Gasteiger partial charge is 0.124 e. The third-order valence-electron chi connectivity index (χ3n) is 7.12. The van der Waals surface area contributed by atoms with Crippen LogP contribution in [0.5, 0.6) is 11.5 Å². The lowest BCUT2D eigenvalue weighted by molar-refractivity contribution is -0.0474. The van der Waals surface area contributed by atoms with Crippen LogP contribution in [0.4, 0.5) is 0 Å². The van der Waals surface area contributed by atoms with Crippen LogP contribution in [0.25, 0.3) is 0 Å². The monoisotopic (exact) mass is 394 g/mol. The number of aliphatic hydroxyl groups excluding tert-OH is 1. The zero-order valence-electron chi connectivity index (χ0n) is 17.9. The van der Waals surface area contributed by atoms with E-state index in [1.54, 1.807) is 0 Å². The summed E-state index contributed by atoms with van der Waals surface area (Å²) < 4.78 is 6.43. The molecule has 0 amide bonds. The largest absolute Gasteiger partial charge is 0.508 e. The van der Waals surface area contributed by atoms with Gasteiger partial charge in [0, 0.05) is 23.0 Å². The van der Waals surface area contributed by atoms with E-state index in [2.05, 4.69) is 45.0 Å². The maximum Gasteiger partial charge on any atom is 0.124 e. The zero-order valence-corrected chi connectivity index (χ0v) is 17.9. The molecule has 1 aliphatic carbocycles. The lowest BCUT2D eigenvalue weighted by Gasteiger charge is -2.49. The molecule has 29 heavy (non-hydrogen) atoms. The highest BCUT2D eigenvalue weighted by molar-refractivity contribution is 5.51. The fourth-order valence-corrected chi connectivity index (χ4v) is 5.49. The molecule has 2 aromatic carbocycles. The number of hydrogen-bond donors (Lipinski definition) is 2. The standard InChI is InChI=1S/C26H34O3/c1-17(9-7-12-18-10-5-4-6-11-18)19-16-24-20(15-23(19)28)25-21(26(2,3)29-24)13-8-14-22(25)27/h4-6,10-11,15-17,21-22,25,27-28H,7-9,12-14H2,1-3H3. The van der Waals surface area contributed by atoms with Crippen molar-refractivity contribution in [1.82, 2.24) is 0 Å². The Balaban J connectivity index is 1.54. The first-order valence-electron chi connectivity index (χ1n) is 11.1. The van der Waals surface area contributed by atoms with Gasteiger partial charge in [0.1, 0.15) is 17.1 Å². The second-order valence-electron chi connectivity index (χ2n) is 9.56. The fraction of sp³-hybridized carbons (Fsp3) is 0.538. The number of benzene rings is 2. The highest BCUT2D eigenvalue weighted by Crippen LogP contribution is 2.53. The Morgan fingerprint density at radius 1 is 1.14 bits per heavy atom. The molecule has 3 heteroatoms. The molecule has 0 saturated heterocycles. The van der Waals surface area contributed by atoms with Gasteiger partial charge in [0.25, 0.3) is 0 Å². The minimum Gasteiger partial charge on any atom is -0.508 e. The van der Waals surface area contributed by atoms with Crippen molar-refractivity contribution in [3.63, 3.8) is 0 Å². The molecule has 0 aromatic heterocycles. The third-order valence-corrected chi connectivity index (χ3v) is 7.12. The van der Waals surface area contributed by atoms with Crippen molar-refractivity contribution in [3.8, 4) is 11.5 Å². The molecular weight excluding hydrogens is 360 g/mol. The van der Waals surface area contributed by atoms with E-state index in [-0.39, 0.29) is 29.5 Å². The summed E-state index contributed by atoms with van der Waals surface area (Å²) in [5, 5.41) is 21.6. The molecule has 0 radical (unpaired) electrons. The van der Waals surface area contributed by atoms with E-state index >= 15 is 0 Å². The minimum atomic E-state index is -0.357. The molecule has 3 nitrogen and oxygen atoms in total. The molecule has 2 aliphatic rings. The van der Waals surface area contributed by atoms with Crippen LogP contribution in [0.15, 0.2) is 42.5 Å². The predicted molar refractivity (Wildman–Crippen MR) is 117 cm³/mol. The number of phenols is 1. The van der Waals surface area contributed by atoms with Gasteiger partial charge in [0.2, 0.25) is 0 Å². The molecule has 0 spiro atoms. The Labute approximate surface area is 174 Å². The third kappa shape index (κ3) is 4.02. The van der Waals surface area contributed by atoms with Crippen LogP contribution >= 0.6 is 0 Å². The maximum atomic E-state index is 10.8. The van der Waals surface area contributed by atoms with Gasteiger partial charge in [-0.05, 0) is 69.6 Å². The summed E-state index contributed by atoms with van der Waals surface area (Å²) in [6, 6.07) is 14.5. The topological polar surface area (TPSA) is 49.7 Å². The molecule has 4 atom stereocenters. The molecule has 1 fully saturated rings. The van der Waals surface area contributed by atoms with Crippen molar-refractivity contribution >= 4 is 0 Å². The van der Waals surface area contributed by atoms with E-state index in [1.807, 2.05) is 18.2 Å². The molecule has 2 aromatic rings. The normalized spacial score (nSPS) is 26.1. The average molecular weight is 395 g/mol. The van der Waals surface area contributed by atoms with Crippen molar-refractivity contribution in [2.45, 2.75) is 82.8 Å². The van der Waals surface area contributed by atoms with E-state index in [1.165, 1.54) is 5.56 Å². The van der Waals surface area contributed by atoms with Crippen molar-refractivity contribution in [1.29, 1.82) is 0 Å². The van der Waals surface area contributed by atoms with E-state index in [4.69, 9.17) is 4.74 Å². The summed E-state index contributed by atoms with van der Waals surface area (Å²) in [4.78, 5) is 0. The Bertz CT molecular complexity index is 843. The van der Waals surface area contributed by atoms with Crippen LogP contribution < -0.4 is 4.74 Å². The maximum absolute atomic E-state index is 10.8. The van der Waals surface area contributed by atoms with E-state index in [9.17, 15) is 10.2 Å². The summed E-state index contributed by atoms with van der Waals surface area (Å²) in [5.41, 5.74) is 3.00. The molecule has 0 bridgehead atoms. The average Bonchev–Trinajstić information content (AvgIpc) is 2.69. The number of ether oxygens (including phenoxy) is 1. The quantitative estimate of drug-likeness (QED) is 0.660. The summed E-state index contributed by atoms with van der Waals surface area (Å²) >= 11 is 0. The van der Waals surface area contributed by atoms with Crippen LogP contribution in [-0.2, 0) is 6.42 Å². The molecular formula is C26H34O3. The molecule has 1 saturated carbocycles. The number of aromatic hydroxyl groups is 1. The number of aryl methyl sites for hydroxylation is 1. The Morgan fingerprint density at radius 2 is 1.90 bits per heavy atom. The molecule has 1 heterocycles. The van der Waals surface area contributed by atoms with Crippen LogP contribution in [0.1, 0.15) is 81.4 Å². The molecule has 1 aliphatic heterocycles. The van der Waals surface area contributed by atoms with E-state index in [0.717, 1.165) is 55.4 Å². The first-order valence-corrected chi connectivity index (χ1v) is 11.1. The van der Waals surface area contributed by atoms with Gasteiger partial charge < -0.3 is 14.9 Å². The summed E-state index contributed by atoms with van der Waals surface area (Å²) in [6.07, 6.45) is 5.71.